The van der Waals surface area contributed by atoms with Gasteiger partial charge in [0.1, 0.15) is 0 Å². The van der Waals surface area contributed by atoms with Gasteiger partial charge < -0.3 is 0 Å². The highest BCUT2D eigenvalue weighted by molar-refractivity contribution is 7.96. The zero-order valence-corrected chi connectivity index (χ0v) is 10.2. The van der Waals surface area contributed by atoms with E-state index in [0.29, 0.717) is 19.3 Å². The fourth-order valence-electron chi connectivity index (χ4n) is 1.58. The third kappa shape index (κ3) is 3.98. The highest BCUT2D eigenvalue weighted by Crippen LogP contribution is 2.34. The molecule has 6 heteroatoms. The van der Waals surface area contributed by atoms with Crippen LogP contribution in [0.15, 0.2) is 23.9 Å². The van der Waals surface area contributed by atoms with Crippen LogP contribution in [0.3, 0.4) is 0 Å². The number of nitrogens with zero attached hydrogens (tertiary/aromatic N) is 1. The van der Waals surface area contributed by atoms with Gasteiger partial charge in [-0.25, -0.2) is 0 Å². The summed E-state index contributed by atoms with van der Waals surface area (Å²) in [6, 6.07) is 0. The number of halogens is 1. The van der Waals surface area contributed by atoms with Crippen LogP contribution in [-0.2, 0) is 4.79 Å². The van der Waals surface area contributed by atoms with E-state index in [9.17, 15) is 14.9 Å². The highest BCUT2D eigenvalue weighted by Gasteiger charge is 2.32. The zero-order chi connectivity index (χ0) is 12.2. The van der Waals surface area contributed by atoms with Crippen LogP contribution in [-0.4, -0.2) is 14.9 Å². The second-order valence-electron chi connectivity index (χ2n) is 3.73. The van der Waals surface area contributed by atoms with Crippen molar-refractivity contribution in [2.24, 2.45) is 0 Å². The molecule has 88 valence electrons. The van der Waals surface area contributed by atoms with Gasteiger partial charge >= 0.3 is 0 Å². The normalized spacial score (nSPS) is 24.0. The summed E-state index contributed by atoms with van der Waals surface area (Å²) in [5, 5.41) is 10.4. The number of hydrogen-bond donors (Lipinski definition) is 1. The second kappa shape index (κ2) is 5.50. The van der Waals surface area contributed by atoms with E-state index in [1.807, 2.05) is 0 Å². The maximum atomic E-state index is 10.6. The number of carbonyl (C=O) groups is 1. The fourth-order valence-corrected chi connectivity index (χ4v) is 2.08. The molecule has 16 heavy (non-hydrogen) atoms. The maximum Gasteiger partial charge on any atom is 0.248 e. The Balaban J connectivity index is 2.54. The molecular formula is C10H12ClNO3S. The SMILES string of the molecule is O=C(S)CCCC1(Cl)C=CC=C([N+](=O)[O-])C1. The Morgan fingerprint density at radius 1 is 1.69 bits per heavy atom. The molecule has 4 nitrogen and oxygen atoms in total. The third-order valence-electron chi connectivity index (χ3n) is 2.38. The minimum atomic E-state index is -0.736. The Bertz CT molecular complexity index is 367. The summed E-state index contributed by atoms with van der Waals surface area (Å²) in [5.41, 5.74) is 0.106. The smallest absolute Gasteiger partial charge is 0.248 e. The van der Waals surface area contributed by atoms with Crippen molar-refractivity contribution in [1.82, 2.24) is 0 Å². The van der Waals surface area contributed by atoms with E-state index in [2.05, 4.69) is 12.6 Å². The summed E-state index contributed by atoms with van der Waals surface area (Å²) in [7, 11) is 0. The molecule has 0 radical (unpaired) electrons. The van der Waals surface area contributed by atoms with Crippen molar-refractivity contribution in [1.29, 1.82) is 0 Å². The first kappa shape index (κ1) is 13.3. The standard InChI is InChI=1S/C10H12ClNO3S/c11-10(6-2-4-9(13)16)5-1-3-8(7-10)12(14)15/h1,3,5H,2,4,6-7H2,(H,13,16). The lowest BCUT2D eigenvalue weighted by atomic mass is 9.92. The minimum absolute atomic E-state index is 0.106. The summed E-state index contributed by atoms with van der Waals surface area (Å²) in [5.74, 6) is 0. The Kier molecular flexibility index (Phi) is 4.56. The predicted molar refractivity (Wildman–Crippen MR) is 65.3 cm³/mol. The lowest BCUT2D eigenvalue weighted by Crippen LogP contribution is -2.23. The second-order valence-corrected chi connectivity index (χ2v) is 4.98. The molecule has 0 aliphatic heterocycles. The van der Waals surface area contributed by atoms with E-state index < -0.39 is 9.80 Å². The lowest BCUT2D eigenvalue weighted by molar-refractivity contribution is -0.428. The van der Waals surface area contributed by atoms with Crippen LogP contribution in [0.25, 0.3) is 0 Å². The van der Waals surface area contributed by atoms with Crippen molar-refractivity contribution in [3.63, 3.8) is 0 Å². The number of alkyl halides is 1. The van der Waals surface area contributed by atoms with E-state index in [4.69, 9.17) is 11.6 Å². The van der Waals surface area contributed by atoms with E-state index in [0.717, 1.165) is 0 Å². The summed E-state index contributed by atoms with van der Waals surface area (Å²) in [6.45, 7) is 0. The first-order valence-corrected chi connectivity index (χ1v) is 5.69. The van der Waals surface area contributed by atoms with E-state index in [1.165, 1.54) is 6.08 Å². The van der Waals surface area contributed by atoms with Gasteiger partial charge in [-0.2, -0.15) is 0 Å². The summed E-state index contributed by atoms with van der Waals surface area (Å²) < 4.78 is 0. The molecule has 1 aliphatic rings. The van der Waals surface area contributed by atoms with Gasteiger partial charge in [0.2, 0.25) is 5.70 Å². The van der Waals surface area contributed by atoms with Crippen LogP contribution < -0.4 is 0 Å². The summed E-state index contributed by atoms with van der Waals surface area (Å²) >= 11 is 9.88. The van der Waals surface area contributed by atoms with Crippen LogP contribution in [0.1, 0.15) is 25.7 Å². The first-order chi connectivity index (χ1) is 7.43. The molecule has 1 unspecified atom stereocenters. The topological polar surface area (TPSA) is 60.2 Å². The number of rotatable bonds is 5. The van der Waals surface area contributed by atoms with Crippen LogP contribution in [0, 0.1) is 10.1 Å². The Labute approximate surface area is 104 Å². The van der Waals surface area contributed by atoms with Crippen molar-refractivity contribution in [2.75, 3.05) is 0 Å². The molecule has 0 aromatic rings. The molecule has 1 atom stereocenters. The van der Waals surface area contributed by atoms with Crippen molar-refractivity contribution in [3.8, 4) is 0 Å². The average Bonchev–Trinajstić information content (AvgIpc) is 2.16. The van der Waals surface area contributed by atoms with Gasteiger partial charge in [-0.05, 0) is 12.8 Å². The molecule has 1 aliphatic carbocycles. The lowest BCUT2D eigenvalue weighted by Gasteiger charge is -2.23. The zero-order valence-electron chi connectivity index (χ0n) is 8.56. The molecule has 0 aromatic carbocycles. The number of thiol groups is 1. The average molecular weight is 262 g/mol. The quantitative estimate of drug-likeness (QED) is 0.358. The van der Waals surface area contributed by atoms with Gasteiger partial charge in [0.25, 0.3) is 0 Å². The first-order valence-electron chi connectivity index (χ1n) is 4.86. The number of allylic oxidation sites excluding steroid dienone is 4. The molecule has 0 fully saturated rings. The fraction of sp³-hybridized carbons (Fsp3) is 0.500. The van der Waals surface area contributed by atoms with E-state index in [-0.39, 0.29) is 17.2 Å². The molecule has 0 amide bonds. The molecule has 0 aromatic heterocycles. The van der Waals surface area contributed by atoms with Crippen molar-refractivity contribution >= 4 is 29.3 Å². The molecular weight excluding hydrogens is 250 g/mol. The van der Waals surface area contributed by atoms with Crippen LogP contribution >= 0.6 is 24.2 Å². The van der Waals surface area contributed by atoms with Gasteiger partial charge in [0.05, 0.1) is 16.2 Å². The molecule has 0 spiro atoms. The van der Waals surface area contributed by atoms with Crippen molar-refractivity contribution in [2.45, 2.75) is 30.6 Å². The van der Waals surface area contributed by atoms with Gasteiger partial charge in [-0.1, -0.05) is 12.2 Å². The largest absolute Gasteiger partial charge is 0.288 e. The Morgan fingerprint density at radius 3 is 2.94 bits per heavy atom. The molecule has 0 heterocycles. The molecule has 1 rings (SSSR count). The molecule has 0 N–H and O–H groups in total. The predicted octanol–water partition coefficient (Wildman–Crippen LogP) is 2.71. The summed E-state index contributed by atoms with van der Waals surface area (Å²) in [4.78, 5) is 20.1. The van der Waals surface area contributed by atoms with Crippen molar-refractivity contribution in [3.05, 3.63) is 34.0 Å². The van der Waals surface area contributed by atoms with Crippen LogP contribution in [0.5, 0.6) is 0 Å². The molecule has 0 saturated heterocycles. The van der Waals surface area contributed by atoms with Crippen LogP contribution in [0.2, 0.25) is 0 Å². The number of hydrogen-bond acceptors (Lipinski definition) is 3. The monoisotopic (exact) mass is 261 g/mol. The van der Waals surface area contributed by atoms with Crippen LogP contribution in [0.4, 0.5) is 0 Å². The Hall–Kier alpha value is -0.810. The van der Waals surface area contributed by atoms with Gasteiger partial charge in [-0.3, -0.25) is 14.9 Å². The number of nitro groups is 1. The van der Waals surface area contributed by atoms with Crippen molar-refractivity contribution < 1.29 is 9.72 Å². The highest BCUT2D eigenvalue weighted by atomic mass is 35.5. The summed E-state index contributed by atoms with van der Waals surface area (Å²) in [6.07, 6.45) is 6.43. The molecule has 0 bridgehead atoms. The van der Waals surface area contributed by atoms with E-state index in [1.54, 1.807) is 12.2 Å². The maximum absolute atomic E-state index is 10.6. The van der Waals surface area contributed by atoms with Gasteiger partial charge in [0, 0.05) is 12.5 Å². The van der Waals surface area contributed by atoms with E-state index >= 15 is 0 Å². The number of carbonyl (C=O) groups excluding carboxylic acids is 1. The third-order valence-corrected chi connectivity index (χ3v) is 3.05. The molecule has 0 saturated carbocycles. The Morgan fingerprint density at radius 2 is 2.38 bits per heavy atom. The van der Waals surface area contributed by atoms with Gasteiger partial charge in [0.15, 0.2) is 5.12 Å². The minimum Gasteiger partial charge on any atom is -0.288 e. The van der Waals surface area contributed by atoms with Gasteiger partial charge in [-0.15, -0.1) is 24.2 Å².